The largest absolute Gasteiger partial charge is 0.229 e. The highest BCUT2D eigenvalue weighted by Crippen LogP contribution is 2.28. The fourth-order valence-corrected chi connectivity index (χ4v) is 2.64. The molecule has 0 amide bonds. The molecule has 7 heteroatoms. The average Bonchev–Trinajstić information content (AvgIpc) is 2.53. The lowest BCUT2D eigenvalue weighted by molar-refractivity contribution is 0.612. The van der Waals surface area contributed by atoms with E-state index < -0.39 is 5.82 Å². The lowest BCUT2D eigenvalue weighted by Crippen LogP contribution is -1.87. The lowest BCUT2D eigenvalue weighted by Gasteiger charge is -1.97. The Bertz CT molecular complexity index is 561. The maximum absolute atomic E-state index is 13.4. The van der Waals surface area contributed by atoms with E-state index in [9.17, 15) is 4.39 Å². The number of halogens is 2. The van der Waals surface area contributed by atoms with Gasteiger partial charge in [0.15, 0.2) is 3.92 Å². The molecule has 0 radical (unpaired) electrons. The summed E-state index contributed by atoms with van der Waals surface area (Å²) in [4.78, 5) is 6.68. The molecule has 0 fully saturated rings. The van der Waals surface area contributed by atoms with Gasteiger partial charge in [-0.2, -0.15) is 0 Å². The summed E-state index contributed by atoms with van der Waals surface area (Å²) in [6.45, 7) is 0.0216. The highest BCUT2D eigenvalue weighted by molar-refractivity contribution is 9.11. The minimum absolute atomic E-state index is 0.0216. The van der Waals surface area contributed by atoms with Crippen LogP contribution in [0.3, 0.4) is 0 Å². The summed E-state index contributed by atoms with van der Waals surface area (Å²) in [5.74, 6) is -0.396. The van der Waals surface area contributed by atoms with E-state index in [1.165, 1.54) is 17.4 Å². The van der Waals surface area contributed by atoms with Crippen LogP contribution in [0.1, 0.15) is 5.56 Å². The number of fused-ring (bicyclic) bond motifs is 1. The van der Waals surface area contributed by atoms with Gasteiger partial charge in [-0.1, -0.05) is 5.11 Å². The summed E-state index contributed by atoms with van der Waals surface area (Å²) >= 11 is 4.64. The van der Waals surface area contributed by atoms with Crippen molar-refractivity contribution in [1.29, 1.82) is 0 Å². The predicted molar refractivity (Wildman–Crippen MR) is 60.1 cm³/mol. The van der Waals surface area contributed by atoms with E-state index in [1.54, 1.807) is 6.07 Å². The maximum atomic E-state index is 13.4. The summed E-state index contributed by atoms with van der Waals surface area (Å²) in [6, 6.07) is 3.00. The van der Waals surface area contributed by atoms with Crippen molar-refractivity contribution >= 4 is 37.5 Å². The Morgan fingerprint density at radius 2 is 2.40 bits per heavy atom. The molecule has 1 aromatic heterocycles. The van der Waals surface area contributed by atoms with Crippen LogP contribution in [-0.2, 0) is 6.54 Å². The molecule has 15 heavy (non-hydrogen) atoms. The zero-order valence-electron chi connectivity index (χ0n) is 7.31. The highest BCUT2D eigenvalue weighted by atomic mass is 79.9. The Labute approximate surface area is 96.5 Å². The van der Waals surface area contributed by atoms with Crippen molar-refractivity contribution in [3.05, 3.63) is 37.9 Å². The van der Waals surface area contributed by atoms with Crippen LogP contribution in [0.5, 0.6) is 0 Å². The number of benzene rings is 1. The molecule has 0 saturated heterocycles. The maximum Gasteiger partial charge on any atom is 0.160 e. The summed E-state index contributed by atoms with van der Waals surface area (Å²) in [6.07, 6.45) is 0. The summed E-state index contributed by atoms with van der Waals surface area (Å²) in [5, 5.41) is 3.33. The van der Waals surface area contributed by atoms with Gasteiger partial charge in [-0.05, 0) is 33.1 Å². The number of aromatic nitrogens is 1. The molecule has 2 aromatic rings. The summed E-state index contributed by atoms with van der Waals surface area (Å²) in [7, 11) is 0. The van der Waals surface area contributed by atoms with Crippen molar-refractivity contribution in [3.63, 3.8) is 0 Å². The highest BCUT2D eigenvalue weighted by Gasteiger charge is 2.07. The van der Waals surface area contributed by atoms with Gasteiger partial charge in [0.25, 0.3) is 0 Å². The Kier molecular flexibility index (Phi) is 2.86. The van der Waals surface area contributed by atoms with Gasteiger partial charge < -0.3 is 0 Å². The number of azide groups is 1. The van der Waals surface area contributed by atoms with Crippen molar-refractivity contribution < 1.29 is 4.39 Å². The van der Waals surface area contributed by atoms with Gasteiger partial charge in [-0.3, -0.25) is 0 Å². The van der Waals surface area contributed by atoms with Gasteiger partial charge in [0, 0.05) is 11.0 Å². The Balaban J connectivity index is 2.55. The summed E-state index contributed by atoms with van der Waals surface area (Å²) in [5.41, 5.74) is 9.15. The third kappa shape index (κ3) is 2.09. The molecule has 0 unspecified atom stereocenters. The fraction of sp³-hybridized carbons (Fsp3) is 0.125. The minimum Gasteiger partial charge on any atom is -0.229 e. The minimum atomic E-state index is -0.396. The number of hydrogen-bond donors (Lipinski definition) is 0. The van der Waals surface area contributed by atoms with Gasteiger partial charge in [0.05, 0.1) is 16.8 Å². The molecule has 0 aliphatic rings. The van der Waals surface area contributed by atoms with Crippen LogP contribution in [0.25, 0.3) is 20.7 Å². The average molecular weight is 287 g/mol. The molecule has 0 saturated carbocycles. The molecule has 0 N–H and O–H groups in total. The van der Waals surface area contributed by atoms with Crippen LogP contribution >= 0.6 is 27.3 Å². The van der Waals surface area contributed by atoms with E-state index in [2.05, 4.69) is 30.9 Å². The molecule has 0 aliphatic carbocycles. The van der Waals surface area contributed by atoms with Crippen molar-refractivity contribution in [2.24, 2.45) is 5.11 Å². The second-order valence-corrected chi connectivity index (χ2v) is 5.07. The van der Waals surface area contributed by atoms with Crippen molar-refractivity contribution in [3.8, 4) is 0 Å². The molecule has 2 rings (SSSR count). The Morgan fingerprint density at radius 3 is 3.13 bits per heavy atom. The number of nitrogens with zero attached hydrogens (tertiary/aromatic N) is 4. The van der Waals surface area contributed by atoms with E-state index in [1.807, 2.05) is 0 Å². The van der Waals surface area contributed by atoms with Gasteiger partial charge in [-0.15, -0.1) is 11.3 Å². The molecule has 1 aromatic carbocycles. The lowest BCUT2D eigenvalue weighted by atomic mass is 10.2. The number of hydrogen-bond acceptors (Lipinski definition) is 3. The quantitative estimate of drug-likeness (QED) is 0.467. The third-order valence-electron chi connectivity index (χ3n) is 1.83. The fourth-order valence-electron chi connectivity index (χ4n) is 1.19. The Hall–Kier alpha value is -1.17. The third-order valence-corrected chi connectivity index (χ3v) is 3.30. The van der Waals surface area contributed by atoms with E-state index in [0.717, 1.165) is 4.70 Å². The van der Waals surface area contributed by atoms with E-state index >= 15 is 0 Å². The number of rotatable bonds is 2. The van der Waals surface area contributed by atoms with Gasteiger partial charge in [0.1, 0.15) is 5.82 Å². The second-order valence-electron chi connectivity index (χ2n) is 2.77. The molecule has 0 aliphatic heterocycles. The van der Waals surface area contributed by atoms with Gasteiger partial charge >= 0.3 is 0 Å². The number of thiazole rings is 1. The predicted octanol–water partition coefficient (Wildman–Crippen LogP) is 4.01. The first kappa shape index (κ1) is 10.4. The van der Waals surface area contributed by atoms with E-state index in [4.69, 9.17) is 5.53 Å². The Morgan fingerprint density at radius 1 is 1.60 bits per heavy atom. The van der Waals surface area contributed by atoms with Crippen molar-refractivity contribution in [2.75, 3.05) is 0 Å². The standard InChI is InChI=1S/C8H4BrFN4S/c9-8-13-6-2-5(10)4(3-12-14-11)1-7(6)15-8/h1-2H,3H2. The molecule has 0 bridgehead atoms. The second kappa shape index (κ2) is 4.14. The van der Waals surface area contributed by atoms with Crippen LogP contribution in [0.4, 0.5) is 4.39 Å². The SMILES string of the molecule is [N-]=[N+]=NCc1cc2sc(Br)nc2cc1F. The van der Waals surface area contributed by atoms with Crippen LogP contribution < -0.4 is 0 Å². The van der Waals surface area contributed by atoms with Crippen LogP contribution in [0.15, 0.2) is 21.2 Å². The zero-order chi connectivity index (χ0) is 10.8. The van der Waals surface area contributed by atoms with Gasteiger partial charge in [0.2, 0.25) is 0 Å². The first-order valence-corrected chi connectivity index (χ1v) is 5.57. The monoisotopic (exact) mass is 286 g/mol. The molecular weight excluding hydrogens is 283 g/mol. The molecule has 4 nitrogen and oxygen atoms in total. The van der Waals surface area contributed by atoms with Crippen molar-refractivity contribution in [1.82, 2.24) is 4.98 Å². The first-order valence-electron chi connectivity index (χ1n) is 3.96. The molecule has 0 atom stereocenters. The van der Waals surface area contributed by atoms with E-state index in [-0.39, 0.29) is 6.54 Å². The summed E-state index contributed by atoms with van der Waals surface area (Å²) < 4.78 is 15.0. The smallest absolute Gasteiger partial charge is 0.160 e. The van der Waals surface area contributed by atoms with E-state index in [0.29, 0.717) is 15.0 Å². The topological polar surface area (TPSA) is 61.7 Å². The molecule has 76 valence electrons. The van der Waals surface area contributed by atoms with Gasteiger partial charge in [-0.25, -0.2) is 9.37 Å². The molecular formula is C8H4BrFN4S. The normalized spacial score (nSPS) is 10.3. The van der Waals surface area contributed by atoms with Crippen LogP contribution in [-0.4, -0.2) is 4.98 Å². The molecule has 1 heterocycles. The first-order chi connectivity index (χ1) is 7.20. The van der Waals surface area contributed by atoms with Crippen LogP contribution in [0, 0.1) is 5.82 Å². The zero-order valence-corrected chi connectivity index (χ0v) is 9.72. The van der Waals surface area contributed by atoms with Crippen LogP contribution in [0.2, 0.25) is 0 Å². The van der Waals surface area contributed by atoms with Crippen molar-refractivity contribution in [2.45, 2.75) is 6.54 Å². The molecule has 0 spiro atoms.